The number of aliphatic hydroxyl groups is 1. The summed E-state index contributed by atoms with van der Waals surface area (Å²) in [7, 11) is -4.98. The first-order valence-corrected chi connectivity index (χ1v) is 15.4. The van der Waals surface area contributed by atoms with Crippen LogP contribution in [-0.4, -0.2) is 76.6 Å². The van der Waals surface area contributed by atoms with Gasteiger partial charge in [0, 0.05) is 43.6 Å². The molecule has 0 fully saturated rings. The van der Waals surface area contributed by atoms with Gasteiger partial charge in [-0.25, -0.2) is 16.8 Å². The number of hydrogen-bond acceptors (Lipinski definition) is 7. The molecule has 3 rings (SSSR count). The van der Waals surface area contributed by atoms with E-state index in [-0.39, 0.29) is 35.2 Å². The predicted octanol–water partition coefficient (Wildman–Crippen LogP) is 2.94. The van der Waals surface area contributed by atoms with Crippen molar-refractivity contribution in [2.75, 3.05) is 33.9 Å². The summed E-state index contributed by atoms with van der Waals surface area (Å²) in [6, 6.07) is 10.2. The number of benzene rings is 2. The Bertz CT molecular complexity index is 1400. The highest BCUT2D eigenvalue weighted by molar-refractivity contribution is 7.89. The number of aliphatic hydroxyl groups excluding tert-OH is 1. The summed E-state index contributed by atoms with van der Waals surface area (Å²) >= 11 is 0. The molecule has 1 heterocycles. The third-order valence-corrected chi connectivity index (χ3v) is 10.3. The number of nitrogens with zero attached hydrogens (tertiary/aromatic N) is 2. The molecule has 38 heavy (non-hydrogen) atoms. The summed E-state index contributed by atoms with van der Waals surface area (Å²) in [6.45, 7) is 5.10. The molecule has 0 saturated heterocycles. The van der Waals surface area contributed by atoms with E-state index in [1.54, 1.807) is 38.1 Å². The number of unbranched alkanes of at least 4 members (excludes halogenated alkanes) is 1. The summed E-state index contributed by atoms with van der Waals surface area (Å²) in [6.07, 6.45) is 0.900. The maximum atomic E-state index is 13.6. The largest absolute Gasteiger partial charge is 0.497 e. The van der Waals surface area contributed by atoms with E-state index in [0.29, 0.717) is 17.7 Å². The molecule has 0 amide bonds. The van der Waals surface area contributed by atoms with E-state index in [2.05, 4.69) is 11.8 Å². The topological polar surface area (TPSA) is 113 Å². The summed E-state index contributed by atoms with van der Waals surface area (Å²) in [5, 5.41) is 9.81. The van der Waals surface area contributed by atoms with Crippen molar-refractivity contribution in [3.8, 4) is 23.3 Å². The van der Waals surface area contributed by atoms with Gasteiger partial charge in [-0.2, -0.15) is 8.61 Å². The summed E-state index contributed by atoms with van der Waals surface area (Å²) in [5.74, 6) is 6.19. The average molecular weight is 565 g/mol. The quantitative estimate of drug-likeness (QED) is 0.491. The predicted molar refractivity (Wildman–Crippen MR) is 145 cm³/mol. The van der Waals surface area contributed by atoms with Gasteiger partial charge in [-0.05, 0) is 43.7 Å². The molecule has 3 atom stereocenters. The first kappa shape index (κ1) is 29.9. The third kappa shape index (κ3) is 6.50. The van der Waals surface area contributed by atoms with Crippen LogP contribution in [0.3, 0.4) is 0 Å². The van der Waals surface area contributed by atoms with Crippen LogP contribution in [0.25, 0.3) is 0 Å². The lowest BCUT2D eigenvalue weighted by atomic mass is 10.0. The second-order valence-electron chi connectivity index (χ2n) is 9.42. The molecular formula is C27H36N2O7S2. The maximum Gasteiger partial charge on any atom is 0.247 e. The number of ether oxygens (including phenoxy) is 2. The van der Waals surface area contributed by atoms with E-state index in [1.807, 2.05) is 6.92 Å². The Hall–Kier alpha value is -2.62. The number of hydrogen-bond donors (Lipinski definition) is 1. The van der Waals surface area contributed by atoms with Crippen molar-refractivity contribution < 1.29 is 31.4 Å². The molecule has 0 spiro atoms. The Morgan fingerprint density at radius 1 is 1.26 bits per heavy atom. The first-order chi connectivity index (χ1) is 17.9. The highest BCUT2D eigenvalue weighted by Gasteiger charge is 2.39. The number of rotatable bonds is 8. The van der Waals surface area contributed by atoms with Crippen molar-refractivity contribution in [3.63, 3.8) is 0 Å². The Kier molecular flexibility index (Phi) is 9.84. The van der Waals surface area contributed by atoms with Gasteiger partial charge < -0.3 is 14.6 Å². The van der Waals surface area contributed by atoms with Gasteiger partial charge in [-0.3, -0.25) is 0 Å². The van der Waals surface area contributed by atoms with Crippen molar-refractivity contribution in [3.05, 3.63) is 48.0 Å². The number of fused-ring (bicyclic) bond motifs is 1. The van der Waals surface area contributed by atoms with E-state index < -0.39 is 38.1 Å². The molecule has 2 aromatic rings. The molecule has 1 aliphatic heterocycles. The minimum atomic E-state index is -4.01. The van der Waals surface area contributed by atoms with Crippen LogP contribution in [-0.2, 0) is 20.0 Å². The SMILES string of the molecule is CCCC#Cc1ccc2c(c1)O[C@@H](CN(C)S(=O)(=O)c1cccc(OC)c1)[C@H](C)CN([C@@H](C)CO)S2(=O)=O. The van der Waals surface area contributed by atoms with Crippen LogP contribution >= 0.6 is 0 Å². The second kappa shape index (κ2) is 12.5. The van der Waals surface area contributed by atoms with Crippen LogP contribution < -0.4 is 9.47 Å². The zero-order valence-electron chi connectivity index (χ0n) is 22.4. The lowest BCUT2D eigenvalue weighted by Gasteiger charge is -2.37. The molecular weight excluding hydrogens is 528 g/mol. The van der Waals surface area contributed by atoms with Gasteiger partial charge in [0.05, 0.1) is 25.2 Å². The van der Waals surface area contributed by atoms with Gasteiger partial charge in [0.15, 0.2) is 0 Å². The fourth-order valence-electron chi connectivity index (χ4n) is 4.10. The molecule has 208 valence electrons. The van der Waals surface area contributed by atoms with E-state index >= 15 is 0 Å². The van der Waals surface area contributed by atoms with Crippen molar-refractivity contribution in [2.24, 2.45) is 5.92 Å². The second-order valence-corrected chi connectivity index (χ2v) is 13.3. The number of sulfonamides is 2. The molecule has 0 aliphatic carbocycles. The van der Waals surface area contributed by atoms with E-state index in [9.17, 15) is 21.9 Å². The molecule has 1 aliphatic rings. The molecule has 11 heteroatoms. The Morgan fingerprint density at radius 3 is 2.66 bits per heavy atom. The zero-order chi connectivity index (χ0) is 28.1. The molecule has 0 aromatic heterocycles. The van der Waals surface area contributed by atoms with Crippen molar-refractivity contribution in [2.45, 2.75) is 55.5 Å². The zero-order valence-corrected chi connectivity index (χ0v) is 24.0. The monoisotopic (exact) mass is 564 g/mol. The smallest absolute Gasteiger partial charge is 0.247 e. The van der Waals surface area contributed by atoms with Gasteiger partial charge in [0.25, 0.3) is 0 Å². The molecule has 0 bridgehead atoms. The molecule has 0 radical (unpaired) electrons. The number of methoxy groups -OCH3 is 1. The van der Waals surface area contributed by atoms with Crippen molar-refractivity contribution in [1.29, 1.82) is 0 Å². The van der Waals surface area contributed by atoms with E-state index in [1.165, 1.54) is 41.0 Å². The minimum absolute atomic E-state index is 0.0344. The molecule has 2 aromatic carbocycles. The van der Waals surface area contributed by atoms with Crippen LogP contribution in [0.1, 0.15) is 39.2 Å². The fraction of sp³-hybridized carbons (Fsp3) is 0.481. The molecule has 9 nitrogen and oxygen atoms in total. The Balaban J connectivity index is 2.04. The summed E-state index contributed by atoms with van der Waals surface area (Å²) in [5.41, 5.74) is 0.596. The fourth-order valence-corrected chi connectivity index (χ4v) is 7.15. The van der Waals surface area contributed by atoms with Crippen molar-refractivity contribution in [1.82, 2.24) is 8.61 Å². The van der Waals surface area contributed by atoms with Crippen LogP contribution in [0.4, 0.5) is 0 Å². The standard InChI is InChI=1S/C27H36N2O7S2/c1-6-7-8-10-22-13-14-27-25(15-22)36-26(20(2)17-29(21(3)19-30)38(27,33)34)18-28(4)37(31,32)24-12-9-11-23(16-24)35-5/h9,11-16,20-21,26,30H,6-7,17-19H2,1-5H3/t20-,21+,26+/m1/s1. The molecule has 0 saturated carbocycles. The normalized spacial score (nSPS) is 20.3. The van der Waals surface area contributed by atoms with Gasteiger partial charge in [-0.15, -0.1) is 0 Å². The lowest BCUT2D eigenvalue weighted by Crippen LogP contribution is -2.50. The molecule has 0 unspecified atom stereocenters. The van der Waals surface area contributed by atoms with Crippen molar-refractivity contribution >= 4 is 20.0 Å². The van der Waals surface area contributed by atoms with E-state index in [4.69, 9.17) is 9.47 Å². The van der Waals surface area contributed by atoms with Gasteiger partial charge in [-0.1, -0.05) is 31.8 Å². The van der Waals surface area contributed by atoms with Crippen LogP contribution in [0.5, 0.6) is 11.5 Å². The van der Waals surface area contributed by atoms with Gasteiger partial charge in [0.1, 0.15) is 22.5 Å². The lowest BCUT2D eigenvalue weighted by molar-refractivity contribution is 0.0904. The third-order valence-electron chi connectivity index (χ3n) is 6.46. The Morgan fingerprint density at radius 2 is 2.00 bits per heavy atom. The average Bonchev–Trinajstić information content (AvgIpc) is 2.90. The maximum absolute atomic E-state index is 13.6. The highest BCUT2D eigenvalue weighted by Crippen LogP contribution is 2.34. The number of likely N-dealkylation sites (N-methyl/N-ethyl adjacent to an activating group) is 1. The van der Waals surface area contributed by atoms with Crippen LogP contribution in [0, 0.1) is 17.8 Å². The van der Waals surface area contributed by atoms with Crippen LogP contribution in [0.2, 0.25) is 0 Å². The minimum Gasteiger partial charge on any atom is -0.497 e. The highest BCUT2D eigenvalue weighted by atomic mass is 32.2. The summed E-state index contributed by atoms with van der Waals surface area (Å²) in [4.78, 5) is 0.0267. The van der Waals surface area contributed by atoms with Crippen LogP contribution in [0.15, 0.2) is 52.3 Å². The Labute approximate surface area is 226 Å². The van der Waals surface area contributed by atoms with E-state index in [0.717, 1.165) is 6.42 Å². The van der Waals surface area contributed by atoms with Gasteiger partial charge >= 0.3 is 0 Å². The first-order valence-electron chi connectivity index (χ1n) is 12.5. The van der Waals surface area contributed by atoms with Gasteiger partial charge in [0.2, 0.25) is 20.0 Å². The molecule has 1 N–H and O–H groups in total. The summed E-state index contributed by atoms with van der Waals surface area (Å²) < 4.78 is 67.8.